The molecule has 34 heavy (non-hydrogen) atoms. The lowest BCUT2D eigenvalue weighted by molar-refractivity contribution is 0.0922. The smallest absolute Gasteiger partial charge is 0.257 e. The Balaban J connectivity index is 1.51. The number of para-hydroxylation sites is 1. The number of halogens is 2. The van der Waals surface area contributed by atoms with E-state index in [1.807, 2.05) is 49.3 Å². The highest BCUT2D eigenvalue weighted by atomic mass is 19.1. The number of carbonyl (C=O) groups is 1. The van der Waals surface area contributed by atoms with E-state index in [1.165, 1.54) is 11.8 Å². The zero-order valence-corrected chi connectivity index (χ0v) is 19.5. The van der Waals surface area contributed by atoms with E-state index in [0.29, 0.717) is 0 Å². The molecule has 1 aliphatic rings. The van der Waals surface area contributed by atoms with Gasteiger partial charge in [-0.1, -0.05) is 36.4 Å². The van der Waals surface area contributed by atoms with Crippen molar-refractivity contribution in [1.29, 1.82) is 0 Å². The Bertz CT molecular complexity index is 1080. The SMILES string of the molecule is CN(C)c1ccc(C(CNC(=O)c2c(F)cccc2F)N2CCN(c3ccccc3)CC2)cc1. The fraction of sp³-hybridized carbons (Fsp3) is 0.296. The Morgan fingerprint density at radius 2 is 1.50 bits per heavy atom. The molecule has 7 heteroatoms. The fourth-order valence-corrected chi connectivity index (χ4v) is 4.38. The molecule has 1 amide bonds. The molecule has 3 aromatic rings. The van der Waals surface area contributed by atoms with Crippen LogP contribution in [0.4, 0.5) is 20.2 Å². The highest BCUT2D eigenvalue weighted by molar-refractivity contribution is 5.94. The van der Waals surface area contributed by atoms with Crippen LogP contribution in [-0.2, 0) is 0 Å². The predicted molar refractivity (Wildman–Crippen MR) is 132 cm³/mol. The molecule has 0 aromatic heterocycles. The van der Waals surface area contributed by atoms with Gasteiger partial charge in [-0.25, -0.2) is 8.78 Å². The van der Waals surface area contributed by atoms with E-state index in [4.69, 9.17) is 0 Å². The largest absolute Gasteiger partial charge is 0.378 e. The second-order valence-corrected chi connectivity index (χ2v) is 8.67. The second kappa shape index (κ2) is 10.7. The molecule has 0 aliphatic carbocycles. The molecule has 1 N–H and O–H groups in total. The molecule has 3 aromatic carbocycles. The molecule has 1 saturated heterocycles. The van der Waals surface area contributed by atoms with Crippen LogP contribution in [0, 0.1) is 11.6 Å². The summed E-state index contributed by atoms with van der Waals surface area (Å²) in [6.45, 7) is 3.56. The first-order chi connectivity index (χ1) is 16.4. The Hall–Kier alpha value is -3.45. The average Bonchev–Trinajstić information content (AvgIpc) is 2.85. The molecule has 0 radical (unpaired) electrons. The Morgan fingerprint density at radius 1 is 0.882 bits per heavy atom. The summed E-state index contributed by atoms with van der Waals surface area (Å²) in [6, 6.07) is 21.8. The van der Waals surface area contributed by atoms with Crippen molar-refractivity contribution in [3.63, 3.8) is 0 Å². The summed E-state index contributed by atoms with van der Waals surface area (Å²) in [6.07, 6.45) is 0. The van der Waals surface area contributed by atoms with Crippen molar-refractivity contribution in [2.75, 3.05) is 56.6 Å². The van der Waals surface area contributed by atoms with Crippen molar-refractivity contribution >= 4 is 17.3 Å². The summed E-state index contributed by atoms with van der Waals surface area (Å²) in [5.74, 6) is -2.46. The Labute approximate surface area is 199 Å². The third-order valence-electron chi connectivity index (χ3n) is 6.32. The molecule has 178 valence electrons. The van der Waals surface area contributed by atoms with Gasteiger partial charge in [-0.3, -0.25) is 9.69 Å². The number of benzene rings is 3. The topological polar surface area (TPSA) is 38.8 Å². The highest BCUT2D eigenvalue weighted by Crippen LogP contribution is 2.26. The van der Waals surface area contributed by atoms with Gasteiger partial charge in [0.2, 0.25) is 0 Å². The number of hydrogen-bond acceptors (Lipinski definition) is 4. The van der Waals surface area contributed by atoms with E-state index < -0.39 is 23.1 Å². The predicted octanol–water partition coefficient (Wildman–Crippen LogP) is 4.32. The van der Waals surface area contributed by atoms with E-state index in [1.54, 1.807) is 0 Å². The standard InChI is InChI=1S/C27H30F2N4O/c1-31(2)21-13-11-20(12-14-21)25(19-30-27(34)26-23(28)9-6-10-24(26)29)33-17-15-32(16-18-33)22-7-4-3-5-8-22/h3-14,25H,15-19H2,1-2H3,(H,30,34). The maximum atomic E-state index is 14.1. The minimum atomic E-state index is -0.860. The molecule has 1 unspecified atom stereocenters. The summed E-state index contributed by atoms with van der Waals surface area (Å²) in [7, 11) is 3.97. The number of nitrogens with one attached hydrogen (secondary N) is 1. The van der Waals surface area contributed by atoms with E-state index >= 15 is 0 Å². The van der Waals surface area contributed by atoms with Crippen molar-refractivity contribution in [1.82, 2.24) is 10.2 Å². The summed E-state index contributed by atoms with van der Waals surface area (Å²) in [5.41, 5.74) is 2.78. The fourth-order valence-electron chi connectivity index (χ4n) is 4.38. The summed E-state index contributed by atoms with van der Waals surface area (Å²) in [4.78, 5) is 19.4. The lowest BCUT2D eigenvalue weighted by Gasteiger charge is -2.40. The first-order valence-electron chi connectivity index (χ1n) is 11.5. The zero-order chi connectivity index (χ0) is 24.1. The zero-order valence-electron chi connectivity index (χ0n) is 19.5. The minimum Gasteiger partial charge on any atom is -0.378 e. The monoisotopic (exact) mass is 464 g/mol. The normalized spacial score (nSPS) is 15.1. The van der Waals surface area contributed by atoms with Gasteiger partial charge in [-0.05, 0) is 42.0 Å². The number of piperazine rings is 1. The van der Waals surface area contributed by atoms with Gasteiger partial charge in [0.25, 0.3) is 5.91 Å². The minimum absolute atomic E-state index is 0.118. The number of hydrogen-bond donors (Lipinski definition) is 1. The van der Waals surface area contributed by atoms with Crippen LogP contribution in [-0.4, -0.2) is 57.6 Å². The van der Waals surface area contributed by atoms with Gasteiger partial charge < -0.3 is 15.1 Å². The second-order valence-electron chi connectivity index (χ2n) is 8.67. The molecule has 1 atom stereocenters. The lowest BCUT2D eigenvalue weighted by Crippen LogP contribution is -2.50. The first kappa shape index (κ1) is 23.7. The van der Waals surface area contributed by atoms with Crippen molar-refractivity contribution in [3.05, 3.63) is 95.6 Å². The van der Waals surface area contributed by atoms with Crippen LogP contribution in [0.15, 0.2) is 72.8 Å². The van der Waals surface area contributed by atoms with E-state index in [2.05, 4.69) is 39.4 Å². The van der Waals surface area contributed by atoms with E-state index in [0.717, 1.165) is 49.6 Å². The number of amides is 1. The Kier molecular flexibility index (Phi) is 7.43. The van der Waals surface area contributed by atoms with Crippen LogP contribution in [0.2, 0.25) is 0 Å². The number of carbonyl (C=O) groups excluding carboxylic acids is 1. The van der Waals surface area contributed by atoms with Gasteiger partial charge in [-0.2, -0.15) is 0 Å². The molecule has 0 bridgehead atoms. The summed E-state index contributed by atoms with van der Waals surface area (Å²) < 4.78 is 28.2. The van der Waals surface area contributed by atoms with Gasteiger partial charge in [-0.15, -0.1) is 0 Å². The summed E-state index contributed by atoms with van der Waals surface area (Å²) >= 11 is 0. The van der Waals surface area contributed by atoms with Crippen LogP contribution in [0.1, 0.15) is 22.0 Å². The molecule has 5 nitrogen and oxygen atoms in total. The van der Waals surface area contributed by atoms with Crippen LogP contribution in [0.5, 0.6) is 0 Å². The van der Waals surface area contributed by atoms with Gasteiger partial charge in [0.1, 0.15) is 17.2 Å². The van der Waals surface area contributed by atoms with Crippen molar-refractivity contribution in [2.45, 2.75) is 6.04 Å². The third-order valence-corrected chi connectivity index (χ3v) is 6.32. The van der Waals surface area contributed by atoms with Gasteiger partial charge >= 0.3 is 0 Å². The van der Waals surface area contributed by atoms with Gasteiger partial charge in [0.05, 0.1) is 6.04 Å². The molecule has 0 spiro atoms. The number of nitrogens with zero attached hydrogens (tertiary/aromatic N) is 3. The van der Waals surface area contributed by atoms with Gasteiger partial charge in [0, 0.05) is 58.2 Å². The van der Waals surface area contributed by atoms with Crippen LogP contribution in [0.25, 0.3) is 0 Å². The van der Waals surface area contributed by atoms with Crippen LogP contribution < -0.4 is 15.1 Å². The molecule has 1 heterocycles. The van der Waals surface area contributed by atoms with Crippen molar-refractivity contribution in [2.24, 2.45) is 0 Å². The van der Waals surface area contributed by atoms with Crippen molar-refractivity contribution in [3.8, 4) is 0 Å². The molecule has 0 saturated carbocycles. The maximum absolute atomic E-state index is 14.1. The first-order valence-corrected chi connectivity index (χ1v) is 11.5. The Morgan fingerprint density at radius 3 is 2.09 bits per heavy atom. The van der Waals surface area contributed by atoms with Crippen LogP contribution in [0.3, 0.4) is 0 Å². The number of anilines is 2. The highest BCUT2D eigenvalue weighted by Gasteiger charge is 2.27. The van der Waals surface area contributed by atoms with Crippen LogP contribution >= 0.6 is 0 Å². The third kappa shape index (κ3) is 5.37. The molecular formula is C27H30F2N4O. The molecular weight excluding hydrogens is 434 g/mol. The quantitative estimate of drug-likeness (QED) is 0.565. The molecule has 4 rings (SSSR count). The van der Waals surface area contributed by atoms with Crippen molar-refractivity contribution < 1.29 is 13.6 Å². The summed E-state index contributed by atoms with van der Waals surface area (Å²) in [5, 5.41) is 2.77. The van der Waals surface area contributed by atoms with E-state index in [-0.39, 0.29) is 12.6 Å². The molecule has 1 aliphatic heterocycles. The average molecular weight is 465 g/mol. The maximum Gasteiger partial charge on any atom is 0.257 e. The van der Waals surface area contributed by atoms with Gasteiger partial charge in [0.15, 0.2) is 0 Å². The van der Waals surface area contributed by atoms with E-state index in [9.17, 15) is 13.6 Å². The molecule has 1 fully saturated rings. The number of rotatable bonds is 7. The lowest BCUT2D eigenvalue weighted by atomic mass is 10.0.